The van der Waals surface area contributed by atoms with Crippen molar-refractivity contribution in [1.29, 1.82) is 5.26 Å². The molecule has 1 aliphatic rings. The standard InChI is InChI=1S/C22H26N6O2/c1-4-28-18(9-15(3)26-28)20(30)25-21-24-17-10-16(11-23)8-14(2)19(17)27(21)12-22(13-29)6-5-7-22/h8-10,29H,4-7,12-13H2,1-3H3,(H,24,25,30). The van der Waals surface area contributed by atoms with Gasteiger partial charge in [0.15, 0.2) is 0 Å². The van der Waals surface area contributed by atoms with E-state index in [0.717, 1.165) is 36.0 Å². The summed E-state index contributed by atoms with van der Waals surface area (Å²) in [6.45, 7) is 6.98. The number of nitrogens with zero attached hydrogens (tertiary/aromatic N) is 5. The summed E-state index contributed by atoms with van der Waals surface area (Å²) >= 11 is 0. The lowest BCUT2D eigenvalue weighted by Gasteiger charge is -2.41. The number of nitriles is 1. The number of hydrogen-bond acceptors (Lipinski definition) is 5. The van der Waals surface area contributed by atoms with E-state index in [1.54, 1.807) is 16.8 Å². The van der Waals surface area contributed by atoms with Crippen LogP contribution in [0.25, 0.3) is 11.0 Å². The molecule has 1 amide bonds. The Morgan fingerprint density at radius 2 is 2.10 bits per heavy atom. The highest BCUT2D eigenvalue weighted by molar-refractivity contribution is 6.03. The second-order valence-corrected chi connectivity index (χ2v) is 8.25. The van der Waals surface area contributed by atoms with Gasteiger partial charge >= 0.3 is 0 Å². The molecule has 2 N–H and O–H groups in total. The number of fused-ring (bicyclic) bond motifs is 1. The third-order valence-corrected chi connectivity index (χ3v) is 6.06. The van der Waals surface area contributed by atoms with Gasteiger partial charge in [-0.3, -0.25) is 14.8 Å². The minimum atomic E-state index is -0.279. The topological polar surface area (TPSA) is 109 Å². The lowest BCUT2D eigenvalue weighted by atomic mass is 9.69. The number of anilines is 1. The molecule has 2 aromatic heterocycles. The Kier molecular flexibility index (Phi) is 5.08. The molecule has 0 spiro atoms. The fourth-order valence-electron chi connectivity index (χ4n) is 4.30. The third-order valence-electron chi connectivity index (χ3n) is 6.06. The maximum Gasteiger partial charge on any atom is 0.276 e. The molecule has 2 heterocycles. The van der Waals surface area contributed by atoms with Crippen LogP contribution < -0.4 is 5.32 Å². The van der Waals surface area contributed by atoms with Crippen molar-refractivity contribution < 1.29 is 9.90 Å². The summed E-state index contributed by atoms with van der Waals surface area (Å²) in [4.78, 5) is 17.7. The van der Waals surface area contributed by atoms with E-state index in [0.29, 0.717) is 35.8 Å². The lowest BCUT2D eigenvalue weighted by Crippen LogP contribution is -2.38. The Labute approximate surface area is 175 Å². The van der Waals surface area contributed by atoms with Crippen molar-refractivity contribution in [2.24, 2.45) is 5.41 Å². The van der Waals surface area contributed by atoms with E-state index < -0.39 is 0 Å². The van der Waals surface area contributed by atoms with Crippen molar-refractivity contribution >= 4 is 22.9 Å². The van der Waals surface area contributed by atoms with E-state index in [9.17, 15) is 15.2 Å². The summed E-state index contributed by atoms with van der Waals surface area (Å²) in [6.07, 6.45) is 2.96. The maximum atomic E-state index is 13.0. The Morgan fingerprint density at radius 3 is 2.70 bits per heavy atom. The monoisotopic (exact) mass is 406 g/mol. The van der Waals surface area contributed by atoms with Crippen molar-refractivity contribution in [3.05, 3.63) is 40.7 Å². The molecule has 8 heteroatoms. The number of amides is 1. The maximum absolute atomic E-state index is 13.0. The molecule has 0 saturated heterocycles. The first-order valence-corrected chi connectivity index (χ1v) is 10.3. The van der Waals surface area contributed by atoms with E-state index in [1.807, 2.05) is 31.4 Å². The van der Waals surface area contributed by atoms with Crippen LogP contribution in [0.2, 0.25) is 0 Å². The number of carbonyl (C=O) groups is 1. The van der Waals surface area contributed by atoms with Gasteiger partial charge in [0.05, 0.1) is 35.0 Å². The van der Waals surface area contributed by atoms with E-state index in [-0.39, 0.29) is 17.9 Å². The Hall–Kier alpha value is -3.18. The van der Waals surface area contributed by atoms with Gasteiger partial charge in [-0.1, -0.05) is 6.42 Å². The number of aliphatic hydroxyl groups excluding tert-OH is 1. The SMILES string of the molecule is CCn1nc(C)cc1C(=O)Nc1nc2cc(C#N)cc(C)c2n1CC1(CO)CCC1. The zero-order valence-corrected chi connectivity index (χ0v) is 17.6. The van der Waals surface area contributed by atoms with Gasteiger partial charge in [-0.05, 0) is 57.4 Å². The van der Waals surface area contributed by atoms with Crippen molar-refractivity contribution in [3.8, 4) is 6.07 Å². The fourth-order valence-corrected chi connectivity index (χ4v) is 4.30. The molecule has 0 aliphatic heterocycles. The predicted molar refractivity (Wildman–Crippen MR) is 113 cm³/mol. The number of rotatable bonds is 6. The van der Waals surface area contributed by atoms with Crippen molar-refractivity contribution in [2.45, 2.75) is 53.1 Å². The molecule has 0 radical (unpaired) electrons. The Morgan fingerprint density at radius 1 is 1.33 bits per heavy atom. The van der Waals surface area contributed by atoms with Gasteiger partial charge in [0.25, 0.3) is 5.91 Å². The number of aliphatic hydroxyl groups is 1. The first-order valence-electron chi connectivity index (χ1n) is 10.3. The zero-order chi connectivity index (χ0) is 21.5. The molecule has 156 valence electrons. The largest absolute Gasteiger partial charge is 0.396 e. The van der Waals surface area contributed by atoms with Gasteiger partial charge in [-0.2, -0.15) is 10.4 Å². The van der Waals surface area contributed by atoms with Crippen molar-refractivity contribution in [2.75, 3.05) is 11.9 Å². The highest BCUT2D eigenvalue weighted by Gasteiger charge is 2.38. The molecule has 0 bridgehead atoms. The molecule has 0 atom stereocenters. The number of hydrogen-bond donors (Lipinski definition) is 2. The minimum absolute atomic E-state index is 0.0944. The molecule has 8 nitrogen and oxygen atoms in total. The van der Waals surface area contributed by atoms with E-state index in [2.05, 4.69) is 21.5 Å². The quantitative estimate of drug-likeness (QED) is 0.654. The molecule has 1 aromatic carbocycles. The van der Waals surface area contributed by atoms with E-state index in [4.69, 9.17) is 0 Å². The summed E-state index contributed by atoms with van der Waals surface area (Å²) < 4.78 is 3.65. The summed E-state index contributed by atoms with van der Waals surface area (Å²) in [7, 11) is 0. The molecular formula is C22H26N6O2. The highest BCUT2D eigenvalue weighted by atomic mass is 16.3. The number of carbonyl (C=O) groups excluding carboxylic acids is 1. The van der Waals surface area contributed by atoms with Gasteiger partial charge in [0, 0.05) is 18.5 Å². The van der Waals surface area contributed by atoms with Crippen LogP contribution in [-0.2, 0) is 13.1 Å². The van der Waals surface area contributed by atoms with Crippen molar-refractivity contribution in [1.82, 2.24) is 19.3 Å². The van der Waals surface area contributed by atoms with Crippen LogP contribution in [0, 0.1) is 30.6 Å². The molecule has 1 saturated carbocycles. The van der Waals surface area contributed by atoms with Crippen molar-refractivity contribution in [3.63, 3.8) is 0 Å². The van der Waals surface area contributed by atoms with Crippen LogP contribution in [0.3, 0.4) is 0 Å². The molecule has 1 fully saturated rings. The second kappa shape index (κ2) is 7.58. The average Bonchev–Trinajstić information content (AvgIpc) is 3.24. The number of aromatic nitrogens is 4. The molecule has 4 rings (SSSR count). The number of benzene rings is 1. The summed E-state index contributed by atoms with van der Waals surface area (Å²) in [5, 5.41) is 26.6. The van der Waals surface area contributed by atoms with Crippen LogP contribution in [0.4, 0.5) is 5.95 Å². The van der Waals surface area contributed by atoms with Crippen LogP contribution in [0.5, 0.6) is 0 Å². The fraction of sp³-hybridized carbons (Fsp3) is 0.455. The number of nitrogens with one attached hydrogen (secondary N) is 1. The molecule has 1 aliphatic carbocycles. The highest BCUT2D eigenvalue weighted by Crippen LogP contribution is 2.43. The minimum Gasteiger partial charge on any atom is -0.396 e. The molecule has 3 aromatic rings. The summed E-state index contributed by atoms with van der Waals surface area (Å²) in [5.41, 5.74) is 4.04. The van der Waals surface area contributed by atoms with Gasteiger partial charge in [0.1, 0.15) is 5.69 Å². The van der Waals surface area contributed by atoms with Gasteiger partial charge in [0.2, 0.25) is 5.95 Å². The van der Waals surface area contributed by atoms with Crippen LogP contribution in [0.15, 0.2) is 18.2 Å². The smallest absolute Gasteiger partial charge is 0.276 e. The molecular weight excluding hydrogens is 380 g/mol. The zero-order valence-electron chi connectivity index (χ0n) is 17.6. The predicted octanol–water partition coefficient (Wildman–Crippen LogP) is 3.16. The first kappa shape index (κ1) is 20.1. The van der Waals surface area contributed by atoms with Crippen LogP contribution in [0.1, 0.15) is 53.5 Å². The van der Waals surface area contributed by atoms with Crippen LogP contribution in [-0.4, -0.2) is 37.0 Å². The Balaban J connectivity index is 1.79. The normalized spacial score (nSPS) is 15.0. The van der Waals surface area contributed by atoms with E-state index >= 15 is 0 Å². The van der Waals surface area contributed by atoms with Crippen LogP contribution >= 0.6 is 0 Å². The molecule has 30 heavy (non-hydrogen) atoms. The number of aryl methyl sites for hydroxylation is 3. The summed E-state index contributed by atoms with van der Waals surface area (Å²) in [5.74, 6) is 0.147. The third kappa shape index (κ3) is 3.35. The second-order valence-electron chi connectivity index (χ2n) is 8.25. The van der Waals surface area contributed by atoms with Gasteiger partial charge in [-0.15, -0.1) is 0 Å². The number of imidazole rings is 1. The van der Waals surface area contributed by atoms with E-state index in [1.165, 1.54) is 0 Å². The summed E-state index contributed by atoms with van der Waals surface area (Å²) in [6, 6.07) is 7.49. The first-order chi connectivity index (χ1) is 14.4. The molecule has 0 unspecified atom stereocenters. The lowest BCUT2D eigenvalue weighted by molar-refractivity contribution is 0.0291. The van der Waals surface area contributed by atoms with Gasteiger partial charge in [-0.25, -0.2) is 4.98 Å². The Bertz CT molecular complexity index is 1160. The average molecular weight is 406 g/mol. The van der Waals surface area contributed by atoms with Gasteiger partial charge < -0.3 is 9.67 Å².